The molecule has 6 heteroatoms. The monoisotopic (exact) mass is 386 g/mol. The first-order valence-electron chi connectivity index (χ1n) is 10.5. The molecule has 3 aliphatic heterocycles. The van der Waals surface area contributed by atoms with E-state index in [0.29, 0.717) is 6.42 Å². The average molecular weight is 386 g/mol. The van der Waals surface area contributed by atoms with Crippen LogP contribution in [0.2, 0.25) is 0 Å². The van der Waals surface area contributed by atoms with Crippen molar-refractivity contribution in [1.29, 1.82) is 0 Å². The van der Waals surface area contributed by atoms with E-state index in [1.807, 2.05) is 12.1 Å². The SMILES string of the molecule is COc1ccc2c3c1O[C@H]1C[C@@H](O)C=C[C@@]31CCN(CCN1CCOCC1)C2. The number of methoxy groups -OCH3 is 1. The minimum atomic E-state index is -0.431. The van der Waals surface area contributed by atoms with Gasteiger partial charge in [-0.25, -0.2) is 0 Å². The Bertz CT molecular complexity index is 761. The van der Waals surface area contributed by atoms with Crippen molar-refractivity contribution in [3.05, 3.63) is 35.4 Å². The first-order valence-corrected chi connectivity index (χ1v) is 10.5. The molecular formula is C22H30N2O4. The van der Waals surface area contributed by atoms with Gasteiger partial charge in [0.25, 0.3) is 0 Å². The maximum absolute atomic E-state index is 10.2. The zero-order valence-electron chi connectivity index (χ0n) is 16.6. The molecule has 3 atom stereocenters. The lowest BCUT2D eigenvalue weighted by Crippen LogP contribution is -2.44. The Morgan fingerprint density at radius 2 is 2.00 bits per heavy atom. The smallest absolute Gasteiger partial charge is 0.166 e. The highest BCUT2D eigenvalue weighted by molar-refractivity contribution is 5.61. The quantitative estimate of drug-likeness (QED) is 0.793. The zero-order chi connectivity index (χ0) is 19.1. The molecular weight excluding hydrogens is 356 g/mol. The van der Waals surface area contributed by atoms with Crippen LogP contribution in [0.15, 0.2) is 24.3 Å². The fourth-order valence-corrected chi connectivity index (χ4v) is 5.29. The van der Waals surface area contributed by atoms with Crippen LogP contribution < -0.4 is 9.47 Å². The van der Waals surface area contributed by atoms with Gasteiger partial charge in [0.15, 0.2) is 11.5 Å². The molecule has 0 saturated carbocycles. The molecule has 1 aliphatic carbocycles. The van der Waals surface area contributed by atoms with Crippen LogP contribution in [0.25, 0.3) is 0 Å². The fourth-order valence-electron chi connectivity index (χ4n) is 5.29. The van der Waals surface area contributed by atoms with Crippen LogP contribution in [-0.4, -0.2) is 80.2 Å². The maximum Gasteiger partial charge on any atom is 0.166 e. The topological polar surface area (TPSA) is 54.4 Å². The van der Waals surface area contributed by atoms with Crippen LogP contribution in [-0.2, 0) is 16.7 Å². The van der Waals surface area contributed by atoms with Crippen molar-refractivity contribution in [3.63, 3.8) is 0 Å². The van der Waals surface area contributed by atoms with E-state index in [9.17, 15) is 5.11 Å². The van der Waals surface area contributed by atoms with Gasteiger partial charge < -0.3 is 19.3 Å². The van der Waals surface area contributed by atoms with Crippen molar-refractivity contribution in [2.24, 2.45) is 0 Å². The molecule has 152 valence electrons. The van der Waals surface area contributed by atoms with Gasteiger partial charge in [0.05, 0.1) is 31.8 Å². The molecule has 1 aromatic rings. The van der Waals surface area contributed by atoms with Crippen LogP contribution >= 0.6 is 0 Å². The van der Waals surface area contributed by atoms with Gasteiger partial charge in [0.2, 0.25) is 0 Å². The molecule has 1 fully saturated rings. The standard InChI is InChI=1S/C22H30N2O4/c1-26-18-3-2-16-15-24(9-8-23-10-12-27-13-11-23)7-6-22-5-4-17(25)14-19(22)28-21(18)20(16)22/h2-5,17,19,25H,6-15H2,1H3/t17-,19-,22-/m0/s1. The minimum Gasteiger partial charge on any atom is -0.493 e. The summed E-state index contributed by atoms with van der Waals surface area (Å²) in [7, 11) is 1.70. The first kappa shape index (κ1) is 18.4. The Hall–Kier alpha value is -1.60. The second-order valence-electron chi connectivity index (χ2n) is 8.42. The predicted octanol–water partition coefficient (Wildman–Crippen LogP) is 1.55. The number of aliphatic hydroxyl groups excluding tert-OH is 1. The lowest BCUT2D eigenvalue weighted by molar-refractivity contribution is 0.0322. The predicted molar refractivity (Wildman–Crippen MR) is 106 cm³/mol. The lowest BCUT2D eigenvalue weighted by atomic mass is 9.69. The second-order valence-corrected chi connectivity index (χ2v) is 8.42. The van der Waals surface area contributed by atoms with Gasteiger partial charge in [-0.3, -0.25) is 9.80 Å². The van der Waals surface area contributed by atoms with Crippen molar-refractivity contribution in [2.75, 3.05) is 53.0 Å². The highest BCUT2D eigenvalue weighted by Crippen LogP contribution is 2.55. The summed E-state index contributed by atoms with van der Waals surface area (Å²) < 4.78 is 17.5. The van der Waals surface area contributed by atoms with Gasteiger partial charge in [0.1, 0.15) is 6.10 Å². The summed E-state index contributed by atoms with van der Waals surface area (Å²) in [5.41, 5.74) is 2.47. The zero-order valence-corrected chi connectivity index (χ0v) is 16.6. The van der Waals surface area contributed by atoms with Crippen molar-refractivity contribution in [1.82, 2.24) is 9.80 Å². The van der Waals surface area contributed by atoms with Crippen LogP contribution in [0.3, 0.4) is 0 Å². The van der Waals surface area contributed by atoms with Gasteiger partial charge in [0, 0.05) is 44.7 Å². The van der Waals surface area contributed by atoms with Crippen molar-refractivity contribution in [3.8, 4) is 11.5 Å². The summed E-state index contributed by atoms with van der Waals surface area (Å²) in [5.74, 6) is 1.69. The summed E-state index contributed by atoms with van der Waals surface area (Å²) in [5, 5.41) is 10.2. The van der Waals surface area contributed by atoms with E-state index in [-0.39, 0.29) is 11.5 Å². The van der Waals surface area contributed by atoms with E-state index >= 15 is 0 Å². The molecule has 0 bridgehead atoms. The molecule has 3 heterocycles. The maximum atomic E-state index is 10.2. The molecule has 0 aromatic heterocycles. The van der Waals surface area contributed by atoms with Crippen LogP contribution in [0.1, 0.15) is 24.0 Å². The summed E-state index contributed by atoms with van der Waals surface area (Å²) in [4.78, 5) is 5.07. The van der Waals surface area contributed by atoms with Crippen LogP contribution in [0.5, 0.6) is 11.5 Å². The third kappa shape index (κ3) is 3.03. The number of nitrogens with zero attached hydrogens (tertiary/aromatic N) is 2. The summed E-state index contributed by atoms with van der Waals surface area (Å²) in [6.45, 7) is 7.88. The molecule has 0 unspecified atom stereocenters. The first-order chi connectivity index (χ1) is 13.7. The molecule has 5 rings (SSSR count). The molecule has 28 heavy (non-hydrogen) atoms. The Kier molecular flexibility index (Phi) is 4.83. The third-order valence-electron chi connectivity index (χ3n) is 6.87. The van der Waals surface area contributed by atoms with Gasteiger partial charge in [-0.2, -0.15) is 0 Å². The summed E-state index contributed by atoms with van der Waals surface area (Å²) in [6, 6.07) is 4.24. The van der Waals surface area contributed by atoms with E-state index in [0.717, 1.165) is 70.4 Å². The van der Waals surface area contributed by atoms with E-state index in [1.165, 1.54) is 11.1 Å². The molecule has 4 aliphatic rings. The molecule has 6 nitrogen and oxygen atoms in total. The molecule has 0 amide bonds. The number of morpholine rings is 1. The average Bonchev–Trinajstić information content (AvgIpc) is 2.96. The fraction of sp³-hybridized carbons (Fsp3) is 0.636. The van der Waals surface area contributed by atoms with Gasteiger partial charge in [-0.05, 0) is 24.6 Å². The number of hydrogen-bond acceptors (Lipinski definition) is 6. The van der Waals surface area contributed by atoms with Gasteiger partial charge in [-0.1, -0.05) is 18.2 Å². The lowest BCUT2D eigenvalue weighted by Gasteiger charge is -2.36. The summed E-state index contributed by atoms with van der Waals surface area (Å²) in [6.07, 6.45) is 5.38. The molecule has 1 N–H and O–H groups in total. The van der Waals surface area contributed by atoms with Crippen LogP contribution in [0.4, 0.5) is 0 Å². The highest BCUT2D eigenvalue weighted by Gasteiger charge is 2.52. The molecule has 0 radical (unpaired) electrons. The normalized spacial score (nSPS) is 32.4. The van der Waals surface area contributed by atoms with Crippen LogP contribution in [0, 0.1) is 0 Å². The molecule has 1 aromatic carbocycles. The highest BCUT2D eigenvalue weighted by atomic mass is 16.5. The van der Waals surface area contributed by atoms with E-state index in [2.05, 4.69) is 21.9 Å². The van der Waals surface area contributed by atoms with Crippen molar-refractivity contribution in [2.45, 2.75) is 37.0 Å². The number of benzene rings is 1. The minimum absolute atomic E-state index is 0.0169. The second kappa shape index (κ2) is 7.34. The van der Waals surface area contributed by atoms with E-state index in [1.54, 1.807) is 7.11 Å². The Labute approximate surface area is 166 Å². The molecule has 1 saturated heterocycles. The van der Waals surface area contributed by atoms with Crippen molar-refractivity contribution >= 4 is 0 Å². The number of ether oxygens (including phenoxy) is 3. The largest absolute Gasteiger partial charge is 0.493 e. The van der Waals surface area contributed by atoms with Gasteiger partial charge in [-0.15, -0.1) is 0 Å². The number of rotatable bonds is 4. The Morgan fingerprint density at radius 1 is 1.18 bits per heavy atom. The Balaban J connectivity index is 1.43. The molecule has 1 spiro atoms. The van der Waals surface area contributed by atoms with E-state index < -0.39 is 6.10 Å². The van der Waals surface area contributed by atoms with Crippen molar-refractivity contribution < 1.29 is 19.3 Å². The van der Waals surface area contributed by atoms with E-state index in [4.69, 9.17) is 14.2 Å². The number of aliphatic hydroxyl groups is 1. The number of hydrogen-bond donors (Lipinski definition) is 1. The Morgan fingerprint density at radius 3 is 2.82 bits per heavy atom. The van der Waals surface area contributed by atoms with Gasteiger partial charge >= 0.3 is 0 Å². The summed E-state index contributed by atoms with van der Waals surface area (Å²) >= 11 is 0. The third-order valence-corrected chi connectivity index (χ3v) is 6.87.